The fourth-order valence-electron chi connectivity index (χ4n) is 6.24. The number of nitrogens with zero attached hydrogens (tertiary/aromatic N) is 4. The summed E-state index contributed by atoms with van der Waals surface area (Å²) in [7, 11) is 0. The Morgan fingerprint density at radius 1 is 1.21 bits per heavy atom. The summed E-state index contributed by atoms with van der Waals surface area (Å²) >= 11 is 0. The van der Waals surface area contributed by atoms with Crippen LogP contribution in [0, 0.1) is 24.2 Å². The minimum atomic E-state index is -0.00778. The molecule has 2 heterocycles. The number of hydrogen-bond acceptors (Lipinski definition) is 5. The number of aliphatic hydroxyl groups is 1. The highest BCUT2D eigenvalue weighted by Crippen LogP contribution is 2.39. The molecule has 2 aliphatic heterocycles. The van der Waals surface area contributed by atoms with Crippen molar-refractivity contribution in [2.75, 3.05) is 26.2 Å². The van der Waals surface area contributed by atoms with E-state index in [1.165, 1.54) is 33.4 Å². The van der Waals surface area contributed by atoms with Gasteiger partial charge in [0.05, 0.1) is 25.3 Å². The molecular weight excluding hydrogens is 468 g/mol. The lowest BCUT2D eigenvalue weighted by Crippen LogP contribution is -2.33. The van der Waals surface area contributed by atoms with E-state index in [1.54, 1.807) is 6.34 Å². The molecule has 0 saturated carbocycles. The molecule has 0 aromatic heterocycles. The molecule has 202 valence electrons. The van der Waals surface area contributed by atoms with Crippen molar-refractivity contribution in [3.8, 4) is 6.07 Å². The maximum atomic E-state index is 10.3. The van der Waals surface area contributed by atoms with Crippen LogP contribution in [0.4, 0.5) is 0 Å². The highest BCUT2D eigenvalue weighted by atomic mass is 16.3. The molecule has 2 bridgehead atoms. The maximum absolute atomic E-state index is 10.3. The molecule has 38 heavy (non-hydrogen) atoms. The van der Waals surface area contributed by atoms with Crippen LogP contribution in [0.15, 0.2) is 57.1 Å². The molecule has 3 aliphatic rings. The number of piperidine rings is 1. The van der Waals surface area contributed by atoms with Crippen LogP contribution in [0.1, 0.15) is 88.3 Å². The van der Waals surface area contributed by atoms with Gasteiger partial charge in [-0.05, 0) is 109 Å². The van der Waals surface area contributed by atoms with Crippen molar-refractivity contribution in [1.82, 2.24) is 4.90 Å². The van der Waals surface area contributed by atoms with Crippen LogP contribution in [0.3, 0.4) is 0 Å². The number of aliphatic hydroxyl groups excluding tert-OH is 1. The lowest BCUT2D eigenvalue weighted by atomic mass is 9.80. The van der Waals surface area contributed by atoms with Gasteiger partial charge < -0.3 is 5.11 Å². The molecule has 1 saturated heterocycles. The third kappa shape index (κ3) is 6.60. The summed E-state index contributed by atoms with van der Waals surface area (Å²) in [4.78, 5) is 11.4. The van der Waals surface area contributed by atoms with Gasteiger partial charge in [-0.2, -0.15) is 5.26 Å². The summed E-state index contributed by atoms with van der Waals surface area (Å²) in [5.74, 6) is 0.900. The van der Waals surface area contributed by atoms with Crippen molar-refractivity contribution < 1.29 is 5.11 Å². The molecule has 0 radical (unpaired) electrons. The van der Waals surface area contributed by atoms with E-state index in [4.69, 9.17) is 5.26 Å². The molecule has 1 N–H and O–H groups in total. The first-order chi connectivity index (χ1) is 18.4. The zero-order chi connectivity index (χ0) is 27.1. The average molecular weight is 513 g/mol. The molecule has 1 atom stereocenters. The fourth-order valence-corrected chi connectivity index (χ4v) is 6.24. The monoisotopic (exact) mass is 512 g/mol. The fraction of sp³-hybridized carbons (Fsp3) is 0.545. The Kier molecular flexibility index (Phi) is 9.88. The van der Waals surface area contributed by atoms with Crippen molar-refractivity contribution in [2.24, 2.45) is 15.9 Å². The zero-order valence-electron chi connectivity index (χ0n) is 23.7. The van der Waals surface area contributed by atoms with E-state index in [9.17, 15) is 5.11 Å². The van der Waals surface area contributed by atoms with Crippen LogP contribution < -0.4 is 0 Å². The molecular formula is C33H44N4O. The summed E-state index contributed by atoms with van der Waals surface area (Å²) in [6.45, 7) is 11.6. The molecule has 1 unspecified atom stereocenters. The number of fused-ring (bicyclic) bond motifs is 2. The minimum absolute atomic E-state index is 0.00778. The Morgan fingerprint density at radius 2 is 2.00 bits per heavy atom. The second-order valence-corrected chi connectivity index (χ2v) is 11.3. The Balaban J connectivity index is 1.78. The summed E-state index contributed by atoms with van der Waals surface area (Å²) in [6, 6.07) is 9.64. The minimum Gasteiger partial charge on any atom is -0.392 e. The molecule has 0 amide bonds. The van der Waals surface area contributed by atoms with E-state index in [2.05, 4.69) is 79.0 Å². The summed E-state index contributed by atoms with van der Waals surface area (Å²) in [5.41, 5.74) is 10.1. The normalized spacial score (nSPS) is 24.2. The molecule has 4 rings (SSSR count). The van der Waals surface area contributed by atoms with Gasteiger partial charge in [-0.1, -0.05) is 51.5 Å². The van der Waals surface area contributed by atoms with Gasteiger partial charge in [0.25, 0.3) is 0 Å². The van der Waals surface area contributed by atoms with Gasteiger partial charge in [0.15, 0.2) is 0 Å². The molecule has 1 fully saturated rings. The Morgan fingerprint density at radius 3 is 2.68 bits per heavy atom. The number of rotatable bonds is 8. The van der Waals surface area contributed by atoms with Crippen molar-refractivity contribution in [3.05, 3.63) is 63.8 Å². The van der Waals surface area contributed by atoms with Crippen molar-refractivity contribution in [2.45, 2.75) is 84.6 Å². The average Bonchev–Trinajstić information content (AvgIpc) is 2.97. The van der Waals surface area contributed by atoms with Crippen LogP contribution in [0.5, 0.6) is 0 Å². The topological polar surface area (TPSA) is 72.0 Å². The van der Waals surface area contributed by atoms with Crippen molar-refractivity contribution >= 4 is 17.6 Å². The molecule has 5 heteroatoms. The quantitative estimate of drug-likeness (QED) is 0.390. The van der Waals surface area contributed by atoms with Crippen molar-refractivity contribution in [3.63, 3.8) is 0 Å². The van der Waals surface area contributed by atoms with Gasteiger partial charge in [-0.25, -0.2) is 4.99 Å². The largest absolute Gasteiger partial charge is 0.392 e. The summed E-state index contributed by atoms with van der Waals surface area (Å²) < 4.78 is 0. The number of nitriles is 1. The predicted molar refractivity (Wildman–Crippen MR) is 159 cm³/mol. The van der Waals surface area contributed by atoms with Gasteiger partial charge in [0.1, 0.15) is 6.34 Å². The van der Waals surface area contributed by atoms with Crippen LogP contribution in [0.25, 0.3) is 5.57 Å². The third-order valence-corrected chi connectivity index (χ3v) is 8.31. The standard InChI is InChI=1S/C33H44N4O/c1-5-7-30(27-8-6-9-29-20-32(36-22-35-29)28(18-27)21-38)33(23(2)3)31-19-26(11-10-24(31)4)25-12-15-37(16-13-25)17-14-34/h8,10-11,18-19,22-23,25,29,38H,5-7,9,12-13,15-17,20-21H2,1-4H3/b27-8+,28-18-,33-30+. The highest BCUT2D eigenvalue weighted by Gasteiger charge is 2.24. The molecule has 1 aromatic carbocycles. The van der Waals surface area contributed by atoms with Crippen molar-refractivity contribution in [1.29, 1.82) is 5.26 Å². The van der Waals surface area contributed by atoms with E-state index in [0.717, 1.165) is 69.3 Å². The van der Waals surface area contributed by atoms with E-state index >= 15 is 0 Å². The Labute approximate surface area is 229 Å². The number of aliphatic imine (C=N–C) groups is 2. The number of aryl methyl sites for hydroxylation is 1. The van der Waals surface area contributed by atoms with E-state index in [-0.39, 0.29) is 12.6 Å². The molecule has 0 spiro atoms. The summed E-state index contributed by atoms with van der Waals surface area (Å²) in [6.07, 6.45) is 13.3. The number of hydrogen-bond donors (Lipinski definition) is 1. The second kappa shape index (κ2) is 13.3. The van der Waals surface area contributed by atoms with Crippen LogP contribution >= 0.6 is 0 Å². The second-order valence-electron chi connectivity index (χ2n) is 11.3. The first-order valence-corrected chi connectivity index (χ1v) is 14.5. The van der Waals surface area contributed by atoms with E-state index in [0.29, 0.717) is 18.4 Å². The molecule has 1 aliphatic carbocycles. The SMILES string of the molecule is CCCC(/C1=C/CCC2CC(=NC=N2)/C(CO)=C\1)=C(\c1cc(C2CCN(CC#N)CC2)ccc1C)C(C)C. The number of allylic oxidation sites excluding steroid dienone is 5. The van der Waals surface area contributed by atoms with Gasteiger partial charge in [-0.15, -0.1) is 0 Å². The van der Waals surface area contributed by atoms with Gasteiger partial charge in [0.2, 0.25) is 0 Å². The molecule has 5 nitrogen and oxygen atoms in total. The zero-order valence-corrected chi connectivity index (χ0v) is 23.7. The molecule has 1 aromatic rings. The predicted octanol–water partition coefficient (Wildman–Crippen LogP) is 6.79. The van der Waals surface area contributed by atoms with E-state index in [1.807, 2.05) is 0 Å². The first kappa shape index (κ1) is 28.2. The smallest absolute Gasteiger partial charge is 0.110 e. The Bertz CT molecular complexity index is 1190. The van der Waals surface area contributed by atoms with Crippen LogP contribution in [0.2, 0.25) is 0 Å². The Hall–Kier alpha value is -2.81. The lowest BCUT2D eigenvalue weighted by molar-refractivity contribution is 0.235. The summed E-state index contributed by atoms with van der Waals surface area (Å²) in [5, 5.41) is 19.4. The van der Waals surface area contributed by atoms with Gasteiger partial charge in [-0.3, -0.25) is 9.89 Å². The number of benzene rings is 1. The number of likely N-dealkylation sites (tertiary alicyclic amines) is 1. The highest BCUT2D eigenvalue weighted by molar-refractivity contribution is 6.05. The third-order valence-electron chi connectivity index (χ3n) is 8.31. The van der Waals surface area contributed by atoms with E-state index < -0.39 is 0 Å². The maximum Gasteiger partial charge on any atom is 0.110 e. The first-order valence-electron chi connectivity index (χ1n) is 14.5. The van der Waals surface area contributed by atoms with Gasteiger partial charge >= 0.3 is 0 Å². The van der Waals surface area contributed by atoms with Crippen LogP contribution in [-0.4, -0.2) is 54.3 Å². The van der Waals surface area contributed by atoms with Gasteiger partial charge in [0, 0.05) is 12.1 Å². The lowest BCUT2D eigenvalue weighted by Gasteiger charge is -2.31. The van der Waals surface area contributed by atoms with Crippen LogP contribution in [-0.2, 0) is 0 Å².